The Kier molecular flexibility index (Phi) is 5.51. The Labute approximate surface area is 136 Å². The SMILES string of the molecule is COc1ccc(S(=O)(=O)NC(C)(C)CC(C)(C)C)cc1Br. The molecule has 0 bridgehead atoms. The molecule has 0 unspecified atom stereocenters. The van der Waals surface area contributed by atoms with Crippen molar-refractivity contribution in [2.45, 2.75) is 51.5 Å². The first-order valence-electron chi connectivity index (χ1n) is 6.74. The largest absolute Gasteiger partial charge is 0.496 e. The van der Waals surface area contributed by atoms with E-state index in [0.29, 0.717) is 10.2 Å². The molecule has 4 nitrogen and oxygen atoms in total. The molecule has 1 rings (SSSR count). The van der Waals surface area contributed by atoms with Gasteiger partial charge in [-0.15, -0.1) is 0 Å². The molecule has 0 radical (unpaired) electrons. The predicted molar refractivity (Wildman–Crippen MR) is 89.2 cm³/mol. The Balaban J connectivity index is 3.04. The van der Waals surface area contributed by atoms with Crippen LogP contribution < -0.4 is 9.46 Å². The van der Waals surface area contributed by atoms with Crippen LogP contribution >= 0.6 is 15.9 Å². The zero-order valence-corrected chi connectivity index (χ0v) is 15.9. The van der Waals surface area contributed by atoms with Crippen molar-refractivity contribution in [2.24, 2.45) is 5.41 Å². The molecule has 0 aliphatic rings. The second-order valence-electron chi connectivity index (χ2n) is 7.02. The lowest BCUT2D eigenvalue weighted by atomic mass is 9.82. The van der Waals surface area contributed by atoms with Crippen molar-refractivity contribution in [1.82, 2.24) is 4.72 Å². The minimum Gasteiger partial charge on any atom is -0.496 e. The fraction of sp³-hybridized carbons (Fsp3) is 0.600. The lowest BCUT2D eigenvalue weighted by Crippen LogP contribution is -2.45. The molecular formula is C15H24BrNO3S. The Morgan fingerprint density at radius 1 is 1.19 bits per heavy atom. The second kappa shape index (κ2) is 6.26. The maximum absolute atomic E-state index is 12.5. The molecule has 0 heterocycles. The van der Waals surface area contributed by atoms with Crippen LogP contribution in [0.1, 0.15) is 41.0 Å². The summed E-state index contributed by atoms with van der Waals surface area (Å²) in [4.78, 5) is 0.220. The van der Waals surface area contributed by atoms with Crippen LogP contribution in [0.3, 0.4) is 0 Å². The number of halogens is 1. The predicted octanol–water partition coefficient (Wildman–Crippen LogP) is 3.95. The quantitative estimate of drug-likeness (QED) is 0.844. The van der Waals surface area contributed by atoms with Crippen LogP contribution in [0.2, 0.25) is 0 Å². The van der Waals surface area contributed by atoms with Crippen LogP contribution in [0.25, 0.3) is 0 Å². The van der Waals surface area contributed by atoms with Gasteiger partial charge in [0.1, 0.15) is 5.75 Å². The molecule has 0 saturated carbocycles. The Bertz CT molecular complexity index is 604. The van der Waals surface area contributed by atoms with E-state index in [4.69, 9.17) is 4.74 Å². The van der Waals surface area contributed by atoms with E-state index < -0.39 is 15.6 Å². The molecule has 0 spiro atoms. The summed E-state index contributed by atoms with van der Waals surface area (Å²) in [5.41, 5.74) is -0.490. The normalized spacial score (nSPS) is 13.3. The fourth-order valence-corrected chi connectivity index (χ4v) is 4.73. The highest BCUT2D eigenvalue weighted by molar-refractivity contribution is 9.10. The van der Waals surface area contributed by atoms with E-state index in [2.05, 4.69) is 41.4 Å². The third-order valence-corrected chi connectivity index (χ3v) is 5.13. The van der Waals surface area contributed by atoms with Gasteiger partial charge in [0.25, 0.3) is 0 Å². The summed E-state index contributed by atoms with van der Waals surface area (Å²) in [7, 11) is -2.03. The van der Waals surface area contributed by atoms with E-state index in [9.17, 15) is 8.42 Å². The van der Waals surface area contributed by atoms with Gasteiger partial charge in [-0.3, -0.25) is 0 Å². The number of rotatable bonds is 5. The van der Waals surface area contributed by atoms with Gasteiger partial charge in [-0.2, -0.15) is 0 Å². The molecule has 0 saturated heterocycles. The van der Waals surface area contributed by atoms with Crippen molar-refractivity contribution in [3.8, 4) is 5.75 Å². The molecule has 1 N–H and O–H groups in total. The van der Waals surface area contributed by atoms with Gasteiger partial charge in [0.05, 0.1) is 16.5 Å². The van der Waals surface area contributed by atoms with Crippen molar-refractivity contribution in [1.29, 1.82) is 0 Å². The summed E-state index contributed by atoms with van der Waals surface area (Å²) in [5.74, 6) is 0.600. The molecule has 1 aromatic rings. The third-order valence-electron chi connectivity index (χ3n) is 2.82. The van der Waals surface area contributed by atoms with Gasteiger partial charge < -0.3 is 4.74 Å². The number of ether oxygens (including phenoxy) is 1. The summed E-state index contributed by atoms with van der Waals surface area (Å²) >= 11 is 3.31. The molecule has 0 aliphatic carbocycles. The standard InChI is InChI=1S/C15H24BrNO3S/c1-14(2,3)10-15(4,5)17-21(18,19)11-7-8-13(20-6)12(16)9-11/h7-9,17H,10H2,1-6H3. The van der Waals surface area contributed by atoms with Crippen molar-refractivity contribution >= 4 is 26.0 Å². The number of hydrogen-bond acceptors (Lipinski definition) is 3. The average Bonchev–Trinajstić information content (AvgIpc) is 2.23. The van der Waals surface area contributed by atoms with Crippen LogP contribution in [0.5, 0.6) is 5.75 Å². The molecule has 120 valence electrons. The van der Waals surface area contributed by atoms with Gasteiger partial charge in [0.2, 0.25) is 10.0 Å². The fourth-order valence-electron chi connectivity index (χ4n) is 2.60. The molecule has 6 heteroatoms. The van der Waals surface area contributed by atoms with Crippen molar-refractivity contribution in [3.63, 3.8) is 0 Å². The second-order valence-corrected chi connectivity index (χ2v) is 9.56. The van der Waals surface area contributed by atoms with Crippen molar-refractivity contribution < 1.29 is 13.2 Å². The van der Waals surface area contributed by atoms with E-state index in [1.165, 1.54) is 0 Å². The highest BCUT2D eigenvalue weighted by Gasteiger charge is 2.30. The number of sulfonamides is 1. The highest BCUT2D eigenvalue weighted by atomic mass is 79.9. The van der Waals surface area contributed by atoms with Crippen LogP contribution in [0.15, 0.2) is 27.6 Å². The minimum absolute atomic E-state index is 0.0342. The van der Waals surface area contributed by atoms with Gasteiger partial charge >= 0.3 is 0 Å². The summed E-state index contributed by atoms with van der Waals surface area (Å²) in [6.07, 6.45) is 0.733. The molecule has 21 heavy (non-hydrogen) atoms. The van der Waals surface area contributed by atoms with E-state index in [1.54, 1.807) is 25.3 Å². The molecular weight excluding hydrogens is 354 g/mol. The summed E-state index contributed by atoms with van der Waals surface area (Å²) in [6, 6.07) is 4.73. The molecule has 0 fully saturated rings. The van der Waals surface area contributed by atoms with E-state index in [-0.39, 0.29) is 10.3 Å². The van der Waals surface area contributed by atoms with Gasteiger partial charge in [-0.1, -0.05) is 20.8 Å². The van der Waals surface area contributed by atoms with Crippen LogP contribution in [-0.4, -0.2) is 21.1 Å². The van der Waals surface area contributed by atoms with Gasteiger partial charge in [-0.05, 0) is 59.8 Å². The van der Waals surface area contributed by atoms with Crippen LogP contribution in [0, 0.1) is 5.41 Å². The Morgan fingerprint density at radius 3 is 2.19 bits per heavy atom. The van der Waals surface area contributed by atoms with E-state index in [1.807, 2.05) is 13.8 Å². The first-order chi connectivity index (χ1) is 9.36. The summed E-state index contributed by atoms with van der Waals surface area (Å²) in [6.45, 7) is 10.1. The molecule has 0 aliphatic heterocycles. The van der Waals surface area contributed by atoms with Crippen molar-refractivity contribution in [2.75, 3.05) is 7.11 Å². The monoisotopic (exact) mass is 377 g/mol. The van der Waals surface area contributed by atoms with Gasteiger partial charge in [0.15, 0.2) is 0 Å². The van der Waals surface area contributed by atoms with E-state index >= 15 is 0 Å². The average molecular weight is 378 g/mol. The number of hydrogen-bond donors (Lipinski definition) is 1. The topological polar surface area (TPSA) is 55.4 Å². The van der Waals surface area contributed by atoms with Crippen molar-refractivity contribution in [3.05, 3.63) is 22.7 Å². The maximum Gasteiger partial charge on any atom is 0.241 e. The number of nitrogens with one attached hydrogen (secondary N) is 1. The zero-order chi connectivity index (χ0) is 16.5. The molecule has 0 aromatic heterocycles. The van der Waals surface area contributed by atoms with Gasteiger partial charge in [-0.25, -0.2) is 13.1 Å². The summed E-state index contributed by atoms with van der Waals surface area (Å²) in [5, 5.41) is 0. The van der Waals surface area contributed by atoms with Gasteiger partial charge in [0, 0.05) is 5.54 Å². The van der Waals surface area contributed by atoms with Crippen LogP contribution in [0.4, 0.5) is 0 Å². The number of methoxy groups -OCH3 is 1. The zero-order valence-electron chi connectivity index (χ0n) is 13.5. The number of benzene rings is 1. The third kappa shape index (κ3) is 5.60. The van der Waals surface area contributed by atoms with Crippen LogP contribution in [-0.2, 0) is 10.0 Å². The molecule has 1 aromatic carbocycles. The first-order valence-corrected chi connectivity index (χ1v) is 9.01. The highest BCUT2D eigenvalue weighted by Crippen LogP contribution is 2.30. The lowest BCUT2D eigenvalue weighted by molar-refractivity contribution is 0.269. The van der Waals surface area contributed by atoms with E-state index in [0.717, 1.165) is 6.42 Å². The maximum atomic E-state index is 12.5. The first kappa shape index (κ1) is 18.5. The summed E-state index contributed by atoms with van der Waals surface area (Å²) < 4.78 is 33.5. The molecule has 0 atom stereocenters. The minimum atomic E-state index is -3.57. The molecule has 0 amide bonds. The lowest BCUT2D eigenvalue weighted by Gasteiger charge is -2.33. The Hall–Kier alpha value is -0.590. The smallest absolute Gasteiger partial charge is 0.241 e. The Morgan fingerprint density at radius 2 is 1.76 bits per heavy atom.